The summed E-state index contributed by atoms with van der Waals surface area (Å²) in [5.74, 6) is -7.39. The fourth-order valence-corrected chi connectivity index (χ4v) is 6.00. The Bertz CT molecular complexity index is 2050. The molecule has 3 rings (SSSR count). The highest BCUT2D eigenvalue weighted by molar-refractivity contribution is 6.00. The van der Waals surface area contributed by atoms with Gasteiger partial charge in [0.15, 0.2) is 24.6 Å². The Morgan fingerprint density at radius 1 is 0.631 bits per heavy atom. The highest BCUT2D eigenvalue weighted by Gasteiger charge is 2.52. The maximum absolute atomic E-state index is 12.3. The largest absolute Gasteiger partial charge is 0.466 e. The molecule has 1 saturated heterocycles. The number of ether oxygens (including phenoxy) is 7. The number of benzene rings is 1. The minimum absolute atomic E-state index is 0.128. The summed E-state index contributed by atoms with van der Waals surface area (Å²) in [5, 5.41) is 67.1. The van der Waals surface area contributed by atoms with Crippen LogP contribution in [-0.4, -0.2) is 143 Å². The van der Waals surface area contributed by atoms with Crippen LogP contribution in [0.15, 0.2) is 46.8 Å². The van der Waals surface area contributed by atoms with E-state index in [2.05, 4.69) is 5.32 Å². The number of esters is 6. The summed E-state index contributed by atoms with van der Waals surface area (Å²) in [5.41, 5.74) is 1.19. The number of rotatable bonds is 21. The first-order chi connectivity index (χ1) is 30.5. The predicted molar refractivity (Wildman–Crippen MR) is 206 cm³/mol. The van der Waals surface area contributed by atoms with Crippen LogP contribution in [0.1, 0.15) is 51.0 Å². The van der Waals surface area contributed by atoms with E-state index in [4.69, 9.17) is 33.2 Å². The molecule has 5 atom stereocenters. The average Bonchev–Trinajstić information content (AvgIpc) is 3.24. The Labute approximate surface area is 364 Å². The highest BCUT2D eigenvalue weighted by atomic mass is 16.7. The topological polar surface area (TPSA) is 415 Å². The Hall–Kier alpha value is -7.76. The molecular weight excluding hydrogens is 888 g/mol. The van der Waals surface area contributed by atoms with Crippen molar-refractivity contribution in [2.75, 3.05) is 47.0 Å². The molecule has 0 spiro atoms. The van der Waals surface area contributed by atoms with E-state index < -0.39 is 156 Å². The van der Waals surface area contributed by atoms with Crippen LogP contribution in [0.25, 0.3) is 0 Å². The lowest BCUT2D eigenvalue weighted by Gasteiger charge is -2.42. The molecule has 2 aliphatic rings. The number of methoxy groups -OCH3 is 2. The summed E-state index contributed by atoms with van der Waals surface area (Å²) >= 11 is 0. The van der Waals surface area contributed by atoms with Gasteiger partial charge in [-0.1, -0.05) is 18.2 Å². The SMILES string of the molecule is COC(=O)C1=C(C)NC(C)=C(C(=O)OC)C1c1ccccc1[N+](=O)[O-].O=C(CC[N+](=O)[O-])OCC1OC(O)C(OC(=O)CC[N+](=O)[O-])C(OC(=O)CC[N+](=O)[O-])C1OC(=O)CC[N+](=O)[O-]. The average molecular weight is 931 g/mol. The fourth-order valence-electron chi connectivity index (χ4n) is 6.00. The van der Waals surface area contributed by atoms with E-state index in [1.807, 2.05) is 0 Å². The molecule has 0 bridgehead atoms. The maximum atomic E-state index is 12.3. The molecule has 1 aromatic carbocycles. The first-order valence-electron chi connectivity index (χ1n) is 18.7. The number of nitro groups is 5. The number of nitrogens with zero attached hydrogens (tertiary/aromatic N) is 5. The van der Waals surface area contributed by atoms with Crippen LogP contribution in [0.4, 0.5) is 5.69 Å². The molecular formula is C35H42N6O24. The van der Waals surface area contributed by atoms with E-state index in [1.54, 1.807) is 19.9 Å². The van der Waals surface area contributed by atoms with Gasteiger partial charge in [0.2, 0.25) is 26.2 Å². The zero-order valence-corrected chi connectivity index (χ0v) is 34.7. The van der Waals surface area contributed by atoms with Gasteiger partial charge in [0.1, 0.15) is 38.4 Å². The van der Waals surface area contributed by atoms with Crippen molar-refractivity contribution < 1.29 is 91.6 Å². The molecule has 30 heteroatoms. The normalized spacial score (nSPS) is 19.2. The monoisotopic (exact) mass is 930 g/mol. The molecule has 0 saturated carbocycles. The minimum Gasteiger partial charge on any atom is -0.466 e. The quantitative estimate of drug-likeness (QED) is 0.0699. The third-order valence-corrected chi connectivity index (χ3v) is 8.83. The Balaban J connectivity index is 0.000000495. The summed E-state index contributed by atoms with van der Waals surface area (Å²) < 4.78 is 34.7. The van der Waals surface area contributed by atoms with Gasteiger partial charge < -0.3 is 43.6 Å². The van der Waals surface area contributed by atoms with Crippen molar-refractivity contribution in [1.82, 2.24) is 5.32 Å². The lowest BCUT2D eigenvalue weighted by atomic mass is 9.79. The minimum atomic E-state index is -2.22. The van der Waals surface area contributed by atoms with Crippen LogP contribution in [0.5, 0.6) is 0 Å². The molecule has 1 aromatic rings. The molecule has 1 fully saturated rings. The molecule has 5 unspecified atom stereocenters. The van der Waals surface area contributed by atoms with Gasteiger partial charge in [0.05, 0.1) is 36.2 Å². The van der Waals surface area contributed by atoms with E-state index in [-0.39, 0.29) is 22.4 Å². The molecule has 0 aliphatic carbocycles. The van der Waals surface area contributed by atoms with Crippen LogP contribution in [0, 0.1) is 50.6 Å². The number of dihydropyridines is 1. The molecule has 2 heterocycles. The number of nitrogens with one attached hydrogen (secondary N) is 1. The van der Waals surface area contributed by atoms with Crippen molar-refractivity contribution in [3.05, 3.63) is 103 Å². The lowest BCUT2D eigenvalue weighted by molar-refractivity contribution is -0.479. The molecule has 2 N–H and O–H groups in total. The molecule has 65 heavy (non-hydrogen) atoms. The lowest BCUT2D eigenvalue weighted by Crippen LogP contribution is -2.62. The zero-order valence-electron chi connectivity index (χ0n) is 34.7. The van der Waals surface area contributed by atoms with Gasteiger partial charge in [0, 0.05) is 42.7 Å². The van der Waals surface area contributed by atoms with Gasteiger partial charge in [-0.2, -0.15) is 0 Å². The first kappa shape index (κ1) is 53.4. The number of aliphatic hydroxyl groups is 1. The number of hydrogen-bond acceptors (Lipinski definition) is 25. The van der Waals surface area contributed by atoms with Crippen LogP contribution in [0.3, 0.4) is 0 Å². The Morgan fingerprint density at radius 2 is 1.03 bits per heavy atom. The van der Waals surface area contributed by atoms with Gasteiger partial charge in [-0.15, -0.1) is 0 Å². The summed E-state index contributed by atoms with van der Waals surface area (Å²) in [6.45, 7) is -1.17. The van der Waals surface area contributed by atoms with Crippen LogP contribution >= 0.6 is 0 Å². The fraction of sp³-hybridized carbons (Fsp3) is 0.543. The molecule has 2 aliphatic heterocycles. The summed E-state index contributed by atoms with van der Waals surface area (Å²) in [7, 11) is 2.42. The standard InChI is InChI=1S/C18H24N4O18.C17H18N2O6/c23-11(1-5-19(28)29)36-9-10-15(38-12(24)2-6-20(30)31)16(39-13(25)3-7-21(32)33)17(18(27)37-10)40-14(26)4-8-22(34)35;1-9-13(16(20)24-3)15(14(10(2)18-9)17(21)25-4)11-7-5-6-8-12(11)19(22)23/h10,15-18,27H,1-9H2;5-8,15,18H,1-4H3. The molecule has 0 aromatic heterocycles. The first-order valence-corrected chi connectivity index (χ1v) is 18.7. The van der Waals surface area contributed by atoms with Gasteiger partial charge in [-0.25, -0.2) is 9.59 Å². The van der Waals surface area contributed by atoms with Crippen molar-refractivity contribution in [3.63, 3.8) is 0 Å². The number of carbonyl (C=O) groups is 6. The second-order valence-electron chi connectivity index (χ2n) is 13.3. The Morgan fingerprint density at radius 3 is 1.45 bits per heavy atom. The summed E-state index contributed by atoms with van der Waals surface area (Å²) in [6, 6.07) is 5.97. The smallest absolute Gasteiger partial charge is 0.336 e. The van der Waals surface area contributed by atoms with Crippen molar-refractivity contribution in [3.8, 4) is 0 Å². The third kappa shape index (κ3) is 16.5. The summed E-state index contributed by atoms with van der Waals surface area (Å²) in [4.78, 5) is 123. The van der Waals surface area contributed by atoms with E-state index in [0.29, 0.717) is 11.4 Å². The van der Waals surface area contributed by atoms with Gasteiger partial charge in [0.25, 0.3) is 5.69 Å². The van der Waals surface area contributed by atoms with Gasteiger partial charge >= 0.3 is 35.8 Å². The maximum Gasteiger partial charge on any atom is 0.336 e. The predicted octanol–water partition coefficient (Wildman–Crippen LogP) is -0.175. The van der Waals surface area contributed by atoms with Crippen LogP contribution < -0.4 is 5.32 Å². The van der Waals surface area contributed by atoms with Crippen LogP contribution in [-0.2, 0) is 61.9 Å². The van der Waals surface area contributed by atoms with Crippen molar-refractivity contribution in [2.24, 2.45) is 0 Å². The number of allylic oxidation sites excluding steroid dienone is 2. The van der Waals surface area contributed by atoms with Crippen molar-refractivity contribution in [2.45, 2.75) is 76.2 Å². The van der Waals surface area contributed by atoms with Gasteiger partial charge in [-0.05, 0) is 13.8 Å². The van der Waals surface area contributed by atoms with Gasteiger partial charge in [-0.3, -0.25) is 69.7 Å². The second kappa shape index (κ2) is 25.4. The van der Waals surface area contributed by atoms with Crippen molar-refractivity contribution in [1.29, 1.82) is 0 Å². The number of para-hydroxylation sites is 1. The molecule has 0 amide bonds. The van der Waals surface area contributed by atoms with E-state index in [1.165, 1.54) is 32.4 Å². The van der Waals surface area contributed by atoms with E-state index in [0.717, 1.165) is 0 Å². The Kier molecular flexibility index (Phi) is 20.8. The van der Waals surface area contributed by atoms with Crippen LogP contribution in [0.2, 0.25) is 0 Å². The summed E-state index contributed by atoms with van der Waals surface area (Å²) in [6.07, 6.45) is -13.2. The molecule has 0 radical (unpaired) electrons. The molecule has 30 nitrogen and oxygen atoms in total. The number of nitro benzene ring substituents is 1. The van der Waals surface area contributed by atoms with E-state index >= 15 is 0 Å². The van der Waals surface area contributed by atoms with E-state index in [9.17, 15) is 84.4 Å². The number of hydrogen-bond donors (Lipinski definition) is 2. The third-order valence-electron chi connectivity index (χ3n) is 8.83. The second-order valence-corrected chi connectivity index (χ2v) is 13.3. The zero-order chi connectivity index (χ0) is 49.1. The number of aliphatic hydroxyl groups excluding tert-OH is 1. The van der Waals surface area contributed by atoms with Crippen molar-refractivity contribution >= 4 is 41.5 Å². The molecule has 356 valence electrons. The highest BCUT2D eigenvalue weighted by Crippen LogP contribution is 2.42. The number of carbonyl (C=O) groups excluding carboxylic acids is 6.